The number of anilines is 1. The van der Waals surface area contributed by atoms with Gasteiger partial charge >= 0.3 is 5.69 Å². The standard InChI is InChI=1S/C4H4FN3O.C4H8O/c5-2-1-3(6)8-4(9)7-2;1-2-4-5-3-1/h1H,(H3,6,7,8,9);1-4H2. The third-order valence-corrected chi connectivity index (χ3v) is 1.56. The molecule has 0 radical (unpaired) electrons. The van der Waals surface area contributed by atoms with Crippen molar-refractivity contribution in [3.63, 3.8) is 0 Å². The van der Waals surface area contributed by atoms with Gasteiger partial charge in [-0.3, -0.25) is 4.98 Å². The van der Waals surface area contributed by atoms with Crippen LogP contribution in [0.25, 0.3) is 0 Å². The number of nitrogens with one attached hydrogen (secondary N) is 1. The SMILES string of the molecule is C1CCOC1.Nc1cc(F)[nH]c(=O)n1. The molecule has 2 rings (SSSR count). The van der Waals surface area contributed by atoms with Crippen molar-refractivity contribution in [2.24, 2.45) is 0 Å². The van der Waals surface area contributed by atoms with Gasteiger partial charge in [0.15, 0.2) is 5.95 Å². The predicted octanol–water partition coefficient (Wildman–Crippen LogP) is 0.288. The molecule has 14 heavy (non-hydrogen) atoms. The average Bonchev–Trinajstić information content (AvgIpc) is 2.56. The lowest BCUT2D eigenvalue weighted by Crippen LogP contribution is -2.13. The quantitative estimate of drug-likeness (QED) is 0.591. The second-order valence-electron chi connectivity index (χ2n) is 2.78. The third kappa shape index (κ3) is 3.99. The summed E-state index contributed by atoms with van der Waals surface area (Å²) in [6, 6.07) is 0.932. The van der Waals surface area contributed by atoms with Crippen molar-refractivity contribution >= 4 is 5.82 Å². The number of ether oxygens (including phenoxy) is 1. The van der Waals surface area contributed by atoms with Crippen molar-refractivity contribution in [2.45, 2.75) is 12.8 Å². The fraction of sp³-hybridized carbons (Fsp3) is 0.500. The molecule has 1 saturated heterocycles. The van der Waals surface area contributed by atoms with Crippen molar-refractivity contribution < 1.29 is 9.13 Å². The molecule has 1 aliphatic rings. The van der Waals surface area contributed by atoms with Gasteiger partial charge in [0, 0.05) is 19.3 Å². The first-order valence-corrected chi connectivity index (χ1v) is 4.28. The van der Waals surface area contributed by atoms with Crippen LogP contribution in [0, 0.1) is 5.95 Å². The van der Waals surface area contributed by atoms with E-state index in [-0.39, 0.29) is 5.82 Å². The Morgan fingerprint density at radius 1 is 1.50 bits per heavy atom. The Kier molecular flexibility index (Phi) is 4.06. The number of halogens is 1. The minimum atomic E-state index is -0.771. The number of nitrogen functional groups attached to an aromatic ring is 1. The maximum Gasteiger partial charge on any atom is 0.349 e. The number of H-pyrrole nitrogens is 1. The van der Waals surface area contributed by atoms with E-state index in [4.69, 9.17) is 10.5 Å². The lowest BCUT2D eigenvalue weighted by Gasteiger charge is -1.87. The van der Waals surface area contributed by atoms with Gasteiger partial charge in [-0.15, -0.1) is 0 Å². The van der Waals surface area contributed by atoms with E-state index in [1.54, 1.807) is 4.98 Å². The summed E-state index contributed by atoms with van der Waals surface area (Å²) in [5.74, 6) is -0.885. The minimum Gasteiger partial charge on any atom is -0.383 e. The van der Waals surface area contributed by atoms with Gasteiger partial charge in [-0.1, -0.05) is 0 Å². The van der Waals surface area contributed by atoms with Crippen molar-refractivity contribution in [3.05, 3.63) is 22.5 Å². The molecule has 5 nitrogen and oxygen atoms in total. The van der Waals surface area contributed by atoms with Gasteiger partial charge in [-0.2, -0.15) is 9.37 Å². The van der Waals surface area contributed by atoms with Gasteiger partial charge in [-0.05, 0) is 12.8 Å². The molecule has 0 unspecified atom stereocenters. The first kappa shape index (κ1) is 10.6. The number of hydrogen-bond donors (Lipinski definition) is 2. The van der Waals surface area contributed by atoms with Gasteiger partial charge < -0.3 is 10.5 Å². The topological polar surface area (TPSA) is 81.0 Å². The van der Waals surface area contributed by atoms with Gasteiger partial charge in [-0.25, -0.2) is 4.79 Å². The Morgan fingerprint density at radius 2 is 2.14 bits per heavy atom. The van der Waals surface area contributed by atoms with Crippen LogP contribution in [-0.4, -0.2) is 23.2 Å². The van der Waals surface area contributed by atoms with E-state index in [1.165, 1.54) is 12.8 Å². The van der Waals surface area contributed by atoms with E-state index >= 15 is 0 Å². The first-order valence-electron chi connectivity index (χ1n) is 4.28. The highest BCUT2D eigenvalue weighted by Crippen LogP contribution is 1.98. The van der Waals surface area contributed by atoms with Crippen molar-refractivity contribution in [2.75, 3.05) is 18.9 Å². The molecule has 1 aromatic heterocycles. The molecule has 3 N–H and O–H groups in total. The van der Waals surface area contributed by atoms with Crippen LogP contribution in [0.2, 0.25) is 0 Å². The summed E-state index contributed by atoms with van der Waals surface area (Å²) in [5, 5.41) is 0. The van der Waals surface area contributed by atoms with E-state index in [1.807, 2.05) is 0 Å². The number of nitrogens with two attached hydrogens (primary N) is 1. The Morgan fingerprint density at radius 3 is 2.50 bits per heavy atom. The largest absolute Gasteiger partial charge is 0.383 e. The van der Waals surface area contributed by atoms with Crippen LogP contribution < -0.4 is 11.4 Å². The monoisotopic (exact) mass is 201 g/mol. The predicted molar refractivity (Wildman–Crippen MR) is 49.3 cm³/mol. The summed E-state index contributed by atoms with van der Waals surface area (Å²) >= 11 is 0. The lowest BCUT2D eigenvalue weighted by atomic mass is 10.4. The van der Waals surface area contributed by atoms with E-state index in [2.05, 4.69) is 4.98 Å². The molecule has 0 aromatic carbocycles. The van der Waals surface area contributed by atoms with Crippen LogP contribution in [0.3, 0.4) is 0 Å². The lowest BCUT2D eigenvalue weighted by molar-refractivity contribution is 0.198. The highest BCUT2D eigenvalue weighted by atomic mass is 19.1. The molecule has 0 atom stereocenters. The smallest absolute Gasteiger partial charge is 0.349 e. The van der Waals surface area contributed by atoms with Crippen LogP contribution in [0.5, 0.6) is 0 Å². The highest BCUT2D eigenvalue weighted by molar-refractivity contribution is 5.23. The number of aromatic amines is 1. The second kappa shape index (κ2) is 5.33. The van der Waals surface area contributed by atoms with Crippen molar-refractivity contribution in [1.29, 1.82) is 0 Å². The normalized spacial score (nSPS) is 14.6. The highest BCUT2D eigenvalue weighted by Gasteiger charge is 1.94. The average molecular weight is 201 g/mol. The summed E-state index contributed by atoms with van der Waals surface area (Å²) in [6.45, 7) is 2.00. The molecule has 0 amide bonds. The third-order valence-electron chi connectivity index (χ3n) is 1.56. The van der Waals surface area contributed by atoms with Gasteiger partial charge in [0.1, 0.15) is 5.82 Å². The summed E-state index contributed by atoms with van der Waals surface area (Å²) in [7, 11) is 0. The zero-order chi connectivity index (χ0) is 10.4. The molecule has 1 aliphatic heterocycles. The van der Waals surface area contributed by atoms with E-state index in [9.17, 15) is 9.18 Å². The van der Waals surface area contributed by atoms with Crippen LogP contribution in [0.1, 0.15) is 12.8 Å². The molecule has 0 bridgehead atoms. The fourth-order valence-corrected chi connectivity index (χ4v) is 0.956. The molecule has 1 aromatic rings. The molecule has 0 saturated carbocycles. The summed E-state index contributed by atoms with van der Waals surface area (Å²) in [5.41, 5.74) is 4.22. The van der Waals surface area contributed by atoms with Gasteiger partial charge in [0.2, 0.25) is 0 Å². The van der Waals surface area contributed by atoms with Crippen LogP contribution in [0.15, 0.2) is 10.9 Å². The molecule has 78 valence electrons. The molecule has 6 heteroatoms. The second-order valence-corrected chi connectivity index (χ2v) is 2.78. The maximum atomic E-state index is 12.1. The summed E-state index contributed by atoms with van der Waals surface area (Å²) in [6.07, 6.45) is 2.56. The number of rotatable bonds is 0. The molecular weight excluding hydrogens is 189 g/mol. The Hall–Kier alpha value is -1.43. The number of nitrogens with zero attached hydrogens (tertiary/aromatic N) is 1. The molecule has 0 aliphatic carbocycles. The van der Waals surface area contributed by atoms with Crippen LogP contribution in [0.4, 0.5) is 10.2 Å². The van der Waals surface area contributed by atoms with E-state index in [0.29, 0.717) is 0 Å². The fourth-order valence-electron chi connectivity index (χ4n) is 0.956. The summed E-state index contributed by atoms with van der Waals surface area (Å²) in [4.78, 5) is 15.2. The zero-order valence-corrected chi connectivity index (χ0v) is 7.62. The van der Waals surface area contributed by atoms with E-state index in [0.717, 1.165) is 19.3 Å². The van der Waals surface area contributed by atoms with Crippen molar-refractivity contribution in [3.8, 4) is 0 Å². The van der Waals surface area contributed by atoms with Gasteiger partial charge in [0.05, 0.1) is 0 Å². The molecule has 1 fully saturated rings. The van der Waals surface area contributed by atoms with Gasteiger partial charge in [0.25, 0.3) is 0 Å². The minimum absolute atomic E-state index is 0.115. The Balaban J connectivity index is 0.000000165. The molecule has 2 heterocycles. The molecule has 0 spiro atoms. The number of hydrogen-bond acceptors (Lipinski definition) is 4. The zero-order valence-electron chi connectivity index (χ0n) is 7.62. The Labute approximate surface area is 80.1 Å². The first-order chi connectivity index (χ1) is 6.68. The van der Waals surface area contributed by atoms with E-state index < -0.39 is 11.6 Å². The summed E-state index contributed by atoms with van der Waals surface area (Å²) < 4.78 is 17.0. The van der Waals surface area contributed by atoms with Crippen molar-refractivity contribution in [1.82, 2.24) is 9.97 Å². The number of aromatic nitrogens is 2. The Bertz CT molecular complexity index is 305. The van der Waals surface area contributed by atoms with Crippen LogP contribution >= 0.6 is 0 Å². The van der Waals surface area contributed by atoms with Crippen LogP contribution in [-0.2, 0) is 4.74 Å². The maximum absolute atomic E-state index is 12.1. The molecular formula is C8H12FN3O2.